The summed E-state index contributed by atoms with van der Waals surface area (Å²) in [5, 5.41) is 2.84. The van der Waals surface area contributed by atoms with Crippen molar-refractivity contribution in [2.24, 2.45) is 0 Å². The van der Waals surface area contributed by atoms with Crippen molar-refractivity contribution >= 4 is 17.6 Å². The van der Waals surface area contributed by atoms with Crippen molar-refractivity contribution in [1.29, 1.82) is 0 Å². The molecule has 0 saturated carbocycles. The van der Waals surface area contributed by atoms with Gasteiger partial charge in [0.1, 0.15) is 18.1 Å². The number of hydrogen-bond acceptors (Lipinski definition) is 5. The summed E-state index contributed by atoms with van der Waals surface area (Å²) in [6, 6.07) is 21.3. The van der Waals surface area contributed by atoms with Crippen LogP contribution in [0.1, 0.15) is 40.1 Å². The molecule has 3 rings (SSSR count). The van der Waals surface area contributed by atoms with Crippen molar-refractivity contribution in [3.05, 3.63) is 89.5 Å². The van der Waals surface area contributed by atoms with Gasteiger partial charge in [-0.3, -0.25) is 4.79 Å². The van der Waals surface area contributed by atoms with Crippen LogP contribution < -0.4 is 14.8 Å². The molecule has 3 aromatic carbocycles. The minimum absolute atomic E-state index is 0.270. The molecule has 0 bridgehead atoms. The number of hydrogen-bond donors (Lipinski definition) is 1. The van der Waals surface area contributed by atoms with Crippen LogP contribution in [0.15, 0.2) is 72.8 Å². The number of esters is 1. The van der Waals surface area contributed by atoms with Gasteiger partial charge >= 0.3 is 5.97 Å². The third-order valence-electron chi connectivity index (χ3n) is 4.41. The Balaban J connectivity index is 1.72. The number of carbonyl (C=O) groups is 2. The number of anilines is 1. The monoisotopic (exact) mass is 419 g/mol. The maximum absolute atomic E-state index is 12.7. The Labute approximate surface area is 181 Å². The van der Waals surface area contributed by atoms with Gasteiger partial charge in [0.05, 0.1) is 18.8 Å². The van der Waals surface area contributed by atoms with Gasteiger partial charge in [-0.15, -0.1) is 0 Å². The lowest BCUT2D eigenvalue weighted by Gasteiger charge is -2.13. The van der Waals surface area contributed by atoms with E-state index in [-0.39, 0.29) is 12.5 Å². The van der Waals surface area contributed by atoms with Gasteiger partial charge < -0.3 is 19.5 Å². The fourth-order valence-corrected chi connectivity index (χ4v) is 2.91. The molecule has 31 heavy (non-hydrogen) atoms. The SMILES string of the molecule is CCOC(=O)c1ccc(NC(=O)c2ccc(OCC)c(COc3ccccc3)c2)cc1. The predicted octanol–water partition coefficient (Wildman–Crippen LogP) is 5.09. The molecule has 0 aliphatic rings. The summed E-state index contributed by atoms with van der Waals surface area (Å²) in [5.74, 6) is 0.748. The van der Waals surface area contributed by atoms with E-state index >= 15 is 0 Å². The lowest BCUT2D eigenvalue weighted by molar-refractivity contribution is 0.0526. The fraction of sp³-hybridized carbons (Fsp3) is 0.200. The molecule has 0 aliphatic heterocycles. The normalized spacial score (nSPS) is 10.3. The molecular formula is C25H25NO5. The van der Waals surface area contributed by atoms with Crippen LogP contribution in [0.3, 0.4) is 0 Å². The zero-order chi connectivity index (χ0) is 22.1. The largest absolute Gasteiger partial charge is 0.493 e. The topological polar surface area (TPSA) is 73.9 Å². The van der Waals surface area contributed by atoms with Crippen LogP contribution in [0.25, 0.3) is 0 Å². The summed E-state index contributed by atoms with van der Waals surface area (Å²) < 4.78 is 16.5. The van der Waals surface area contributed by atoms with Crippen molar-refractivity contribution in [3.63, 3.8) is 0 Å². The van der Waals surface area contributed by atoms with Crippen LogP contribution >= 0.6 is 0 Å². The van der Waals surface area contributed by atoms with Crippen molar-refractivity contribution in [2.45, 2.75) is 20.5 Å². The van der Waals surface area contributed by atoms with Crippen LogP contribution in [0.2, 0.25) is 0 Å². The molecule has 0 saturated heterocycles. The molecule has 3 aromatic rings. The van der Waals surface area contributed by atoms with Crippen molar-refractivity contribution in [2.75, 3.05) is 18.5 Å². The molecule has 0 heterocycles. The lowest BCUT2D eigenvalue weighted by atomic mass is 10.1. The quantitative estimate of drug-likeness (QED) is 0.489. The maximum Gasteiger partial charge on any atom is 0.338 e. The standard InChI is InChI=1S/C25H25NO5/c1-3-29-23-15-12-19(16-20(23)17-31-22-8-6-5-7-9-22)24(27)26-21-13-10-18(11-14-21)25(28)30-4-2/h5-16H,3-4,17H2,1-2H3,(H,26,27). The van der Waals surface area contributed by atoms with Crippen molar-refractivity contribution in [3.8, 4) is 11.5 Å². The molecule has 1 N–H and O–H groups in total. The van der Waals surface area contributed by atoms with Gasteiger partial charge in [-0.25, -0.2) is 4.79 Å². The molecular weight excluding hydrogens is 394 g/mol. The first kappa shape index (κ1) is 21.9. The summed E-state index contributed by atoms with van der Waals surface area (Å²) in [4.78, 5) is 24.5. The Morgan fingerprint density at radius 1 is 0.806 bits per heavy atom. The molecule has 0 atom stereocenters. The van der Waals surface area contributed by atoms with Crippen LogP contribution in [-0.4, -0.2) is 25.1 Å². The second-order valence-electron chi connectivity index (χ2n) is 6.61. The van der Waals surface area contributed by atoms with E-state index in [1.54, 1.807) is 49.4 Å². The van der Waals surface area contributed by atoms with Crippen molar-refractivity contribution < 1.29 is 23.8 Å². The van der Waals surface area contributed by atoms with Gasteiger partial charge in [0, 0.05) is 16.8 Å². The molecule has 0 aromatic heterocycles. The number of rotatable bonds is 9. The molecule has 1 amide bonds. The van der Waals surface area contributed by atoms with E-state index in [1.165, 1.54) is 0 Å². The molecule has 0 fully saturated rings. The number of carbonyl (C=O) groups excluding carboxylic acids is 2. The van der Waals surface area contributed by atoms with E-state index in [0.29, 0.717) is 35.8 Å². The van der Waals surface area contributed by atoms with Gasteiger partial charge in [0.25, 0.3) is 5.91 Å². The number of ether oxygens (including phenoxy) is 3. The highest BCUT2D eigenvalue weighted by Gasteiger charge is 2.13. The van der Waals surface area contributed by atoms with E-state index < -0.39 is 5.97 Å². The predicted molar refractivity (Wildman–Crippen MR) is 119 cm³/mol. The third kappa shape index (κ3) is 6.09. The summed E-state index contributed by atoms with van der Waals surface area (Å²) in [6.45, 7) is 4.75. The number of amides is 1. The van der Waals surface area contributed by atoms with E-state index in [1.807, 2.05) is 37.3 Å². The summed E-state index contributed by atoms with van der Waals surface area (Å²) in [7, 11) is 0. The Kier molecular flexibility index (Phi) is 7.65. The van der Waals surface area contributed by atoms with Gasteiger partial charge in [0.15, 0.2) is 0 Å². The summed E-state index contributed by atoms with van der Waals surface area (Å²) in [6.07, 6.45) is 0. The second-order valence-corrected chi connectivity index (χ2v) is 6.61. The third-order valence-corrected chi connectivity index (χ3v) is 4.41. The molecule has 0 spiro atoms. The second kappa shape index (κ2) is 10.8. The van der Waals surface area contributed by atoms with E-state index in [2.05, 4.69) is 5.32 Å². The molecule has 160 valence electrons. The zero-order valence-electron chi connectivity index (χ0n) is 17.6. The summed E-state index contributed by atoms with van der Waals surface area (Å²) in [5.41, 5.74) is 2.26. The highest BCUT2D eigenvalue weighted by Crippen LogP contribution is 2.23. The lowest BCUT2D eigenvalue weighted by Crippen LogP contribution is -2.13. The van der Waals surface area contributed by atoms with E-state index in [9.17, 15) is 9.59 Å². The highest BCUT2D eigenvalue weighted by atomic mass is 16.5. The van der Waals surface area contributed by atoms with Gasteiger partial charge in [-0.1, -0.05) is 18.2 Å². The minimum Gasteiger partial charge on any atom is -0.493 e. The smallest absolute Gasteiger partial charge is 0.338 e. The molecule has 6 nitrogen and oxygen atoms in total. The van der Waals surface area contributed by atoms with Gasteiger partial charge in [0.2, 0.25) is 0 Å². The van der Waals surface area contributed by atoms with Gasteiger partial charge in [-0.05, 0) is 68.4 Å². The van der Waals surface area contributed by atoms with Gasteiger partial charge in [-0.2, -0.15) is 0 Å². The summed E-state index contributed by atoms with van der Waals surface area (Å²) >= 11 is 0. The number of benzene rings is 3. The highest BCUT2D eigenvalue weighted by molar-refractivity contribution is 6.04. The molecule has 0 aliphatic carbocycles. The number of nitrogens with one attached hydrogen (secondary N) is 1. The van der Waals surface area contributed by atoms with Crippen LogP contribution in [0, 0.1) is 0 Å². The Morgan fingerprint density at radius 3 is 2.19 bits per heavy atom. The molecule has 0 radical (unpaired) electrons. The first-order valence-electron chi connectivity index (χ1n) is 10.1. The van der Waals surface area contributed by atoms with E-state index in [0.717, 1.165) is 11.3 Å². The zero-order valence-corrected chi connectivity index (χ0v) is 17.6. The van der Waals surface area contributed by atoms with Crippen LogP contribution in [-0.2, 0) is 11.3 Å². The van der Waals surface area contributed by atoms with E-state index in [4.69, 9.17) is 14.2 Å². The first-order valence-corrected chi connectivity index (χ1v) is 10.1. The van der Waals surface area contributed by atoms with Crippen LogP contribution in [0.5, 0.6) is 11.5 Å². The maximum atomic E-state index is 12.7. The Bertz CT molecular complexity index is 1020. The minimum atomic E-state index is -0.394. The fourth-order valence-electron chi connectivity index (χ4n) is 2.91. The average molecular weight is 419 g/mol. The molecule has 6 heteroatoms. The van der Waals surface area contributed by atoms with Crippen LogP contribution in [0.4, 0.5) is 5.69 Å². The Morgan fingerprint density at radius 2 is 1.52 bits per heavy atom. The average Bonchev–Trinajstić information content (AvgIpc) is 2.80. The molecule has 0 unspecified atom stereocenters. The van der Waals surface area contributed by atoms with Crippen molar-refractivity contribution in [1.82, 2.24) is 0 Å². The Hall–Kier alpha value is -3.80. The number of para-hydroxylation sites is 1. The first-order chi connectivity index (χ1) is 15.1.